The molecule has 0 bridgehead atoms. The maximum absolute atomic E-state index is 12.3. The van der Waals surface area contributed by atoms with Gasteiger partial charge in [0.25, 0.3) is 5.91 Å². The summed E-state index contributed by atoms with van der Waals surface area (Å²) in [6.45, 7) is 2.27. The fourth-order valence-corrected chi connectivity index (χ4v) is 2.31. The Morgan fingerprint density at radius 3 is 2.52 bits per heavy atom. The number of benzene rings is 1. The van der Waals surface area contributed by atoms with Crippen LogP contribution in [-0.2, 0) is 14.8 Å². The van der Waals surface area contributed by atoms with Gasteiger partial charge in [0.1, 0.15) is 5.75 Å². The number of methoxy groups -OCH3 is 2. The van der Waals surface area contributed by atoms with Gasteiger partial charge in [0.2, 0.25) is 10.0 Å². The first-order valence-corrected chi connectivity index (χ1v) is 7.88. The third kappa shape index (κ3) is 4.69. The number of amides is 1. The zero-order chi connectivity index (χ0) is 16.0. The van der Waals surface area contributed by atoms with Crippen molar-refractivity contribution in [2.45, 2.75) is 24.3 Å². The van der Waals surface area contributed by atoms with Crippen LogP contribution < -0.4 is 15.2 Å². The first kappa shape index (κ1) is 17.4. The highest BCUT2D eigenvalue weighted by atomic mass is 32.2. The molecule has 3 N–H and O–H groups in total. The van der Waals surface area contributed by atoms with Crippen LogP contribution in [0.4, 0.5) is 0 Å². The Morgan fingerprint density at radius 2 is 2.05 bits per heavy atom. The number of nitrogens with two attached hydrogens (primary N) is 1. The van der Waals surface area contributed by atoms with E-state index in [2.05, 4.69) is 5.32 Å². The zero-order valence-electron chi connectivity index (χ0n) is 12.3. The lowest BCUT2D eigenvalue weighted by Crippen LogP contribution is -2.37. The fourth-order valence-electron chi connectivity index (χ4n) is 1.77. The average molecular weight is 316 g/mol. The summed E-state index contributed by atoms with van der Waals surface area (Å²) >= 11 is 0. The largest absolute Gasteiger partial charge is 0.496 e. The van der Waals surface area contributed by atoms with Crippen molar-refractivity contribution in [3.05, 3.63) is 23.8 Å². The predicted octanol–water partition coefficient (Wildman–Crippen LogP) is 0.497. The lowest BCUT2D eigenvalue weighted by molar-refractivity contribution is 0.0891. The number of nitrogens with one attached hydrogen (secondary N) is 1. The van der Waals surface area contributed by atoms with Gasteiger partial charge < -0.3 is 14.8 Å². The van der Waals surface area contributed by atoms with Gasteiger partial charge in [-0.1, -0.05) is 6.92 Å². The molecule has 21 heavy (non-hydrogen) atoms. The molecule has 1 aromatic carbocycles. The van der Waals surface area contributed by atoms with Crippen molar-refractivity contribution in [3.63, 3.8) is 0 Å². The molecule has 0 aromatic heterocycles. The van der Waals surface area contributed by atoms with E-state index in [9.17, 15) is 13.2 Å². The molecule has 1 atom stereocenters. The summed E-state index contributed by atoms with van der Waals surface area (Å²) in [5, 5.41) is 7.83. The van der Waals surface area contributed by atoms with E-state index in [-0.39, 0.29) is 22.3 Å². The van der Waals surface area contributed by atoms with Crippen LogP contribution in [0.3, 0.4) is 0 Å². The van der Waals surface area contributed by atoms with Gasteiger partial charge in [-0.3, -0.25) is 4.79 Å². The highest BCUT2D eigenvalue weighted by molar-refractivity contribution is 7.89. The van der Waals surface area contributed by atoms with Crippen LogP contribution in [0.25, 0.3) is 0 Å². The Morgan fingerprint density at radius 1 is 1.38 bits per heavy atom. The Labute approximate surface area is 124 Å². The van der Waals surface area contributed by atoms with Crippen LogP contribution >= 0.6 is 0 Å². The maximum atomic E-state index is 12.3. The Hall–Kier alpha value is -1.64. The summed E-state index contributed by atoms with van der Waals surface area (Å²) in [6, 6.07) is 3.71. The molecule has 0 saturated carbocycles. The van der Waals surface area contributed by atoms with Gasteiger partial charge in [-0.25, -0.2) is 13.6 Å². The van der Waals surface area contributed by atoms with E-state index in [0.717, 1.165) is 0 Å². The first-order valence-electron chi connectivity index (χ1n) is 6.34. The minimum atomic E-state index is -3.89. The van der Waals surface area contributed by atoms with Gasteiger partial charge in [0.15, 0.2) is 0 Å². The van der Waals surface area contributed by atoms with Gasteiger partial charge >= 0.3 is 0 Å². The van der Waals surface area contributed by atoms with Crippen LogP contribution in [0.5, 0.6) is 5.75 Å². The number of ether oxygens (including phenoxy) is 2. The molecule has 0 heterocycles. The average Bonchev–Trinajstić information content (AvgIpc) is 2.44. The van der Waals surface area contributed by atoms with E-state index in [4.69, 9.17) is 14.6 Å². The van der Waals surface area contributed by atoms with Crippen molar-refractivity contribution in [2.75, 3.05) is 20.8 Å². The number of carbonyl (C=O) groups excluding carboxylic acids is 1. The third-order valence-corrected chi connectivity index (χ3v) is 3.85. The Bertz CT molecular complexity index is 601. The number of carbonyl (C=O) groups is 1. The first-order chi connectivity index (χ1) is 9.83. The number of hydrogen-bond donors (Lipinski definition) is 2. The smallest absolute Gasteiger partial charge is 0.255 e. The Kier molecular flexibility index (Phi) is 6.13. The van der Waals surface area contributed by atoms with Crippen molar-refractivity contribution in [1.29, 1.82) is 0 Å². The van der Waals surface area contributed by atoms with Gasteiger partial charge in [0, 0.05) is 7.11 Å². The van der Waals surface area contributed by atoms with Crippen LogP contribution in [0.2, 0.25) is 0 Å². The SMILES string of the molecule is CCC(COC)NC(=O)c1cc(S(N)(=O)=O)ccc1OC. The van der Waals surface area contributed by atoms with Crippen molar-refractivity contribution < 1.29 is 22.7 Å². The molecule has 1 amide bonds. The van der Waals surface area contributed by atoms with E-state index in [1.165, 1.54) is 32.4 Å². The minimum Gasteiger partial charge on any atom is -0.496 e. The lowest BCUT2D eigenvalue weighted by Gasteiger charge is -2.17. The summed E-state index contributed by atoms with van der Waals surface area (Å²) in [4.78, 5) is 12.1. The van der Waals surface area contributed by atoms with Crippen molar-refractivity contribution >= 4 is 15.9 Å². The second-order valence-electron chi connectivity index (χ2n) is 4.44. The van der Waals surface area contributed by atoms with Gasteiger partial charge in [-0.15, -0.1) is 0 Å². The maximum Gasteiger partial charge on any atom is 0.255 e. The van der Waals surface area contributed by atoms with E-state index in [1.54, 1.807) is 0 Å². The molecule has 7 nitrogen and oxygen atoms in total. The van der Waals surface area contributed by atoms with Gasteiger partial charge in [0.05, 0.1) is 30.2 Å². The topological polar surface area (TPSA) is 108 Å². The molecule has 0 spiro atoms. The highest BCUT2D eigenvalue weighted by Gasteiger charge is 2.19. The second-order valence-corrected chi connectivity index (χ2v) is 6.00. The summed E-state index contributed by atoms with van der Waals surface area (Å²) in [7, 11) is -0.952. The number of primary sulfonamides is 1. The normalized spacial score (nSPS) is 12.8. The lowest BCUT2D eigenvalue weighted by atomic mass is 10.1. The molecule has 1 rings (SSSR count). The molecule has 1 unspecified atom stereocenters. The van der Waals surface area contributed by atoms with Crippen molar-refractivity contribution in [3.8, 4) is 5.75 Å². The molecule has 1 aromatic rings. The molecule has 0 saturated heterocycles. The molecule has 8 heteroatoms. The molecule has 0 fully saturated rings. The number of sulfonamides is 1. The minimum absolute atomic E-state index is 0.110. The van der Waals surface area contributed by atoms with E-state index < -0.39 is 15.9 Å². The molecule has 0 aliphatic heterocycles. The summed E-state index contributed by atoms with van der Waals surface area (Å²) < 4.78 is 32.8. The quantitative estimate of drug-likeness (QED) is 0.761. The third-order valence-electron chi connectivity index (χ3n) is 2.94. The monoisotopic (exact) mass is 316 g/mol. The van der Waals surface area contributed by atoms with E-state index >= 15 is 0 Å². The van der Waals surface area contributed by atoms with Crippen LogP contribution in [0.15, 0.2) is 23.1 Å². The number of rotatable bonds is 7. The molecule has 118 valence electrons. The predicted molar refractivity (Wildman–Crippen MR) is 77.8 cm³/mol. The molecule has 0 aliphatic carbocycles. The van der Waals surface area contributed by atoms with Crippen LogP contribution in [0.1, 0.15) is 23.7 Å². The van der Waals surface area contributed by atoms with Crippen molar-refractivity contribution in [1.82, 2.24) is 5.32 Å². The summed E-state index contributed by atoms with van der Waals surface area (Å²) in [5.41, 5.74) is 0.110. The van der Waals surface area contributed by atoms with Gasteiger partial charge in [-0.05, 0) is 24.6 Å². The van der Waals surface area contributed by atoms with Crippen LogP contribution in [0, 0.1) is 0 Å². The van der Waals surface area contributed by atoms with Crippen molar-refractivity contribution in [2.24, 2.45) is 5.14 Å². The van der Waals surface area contributed by atoms with Gasteiger partial charge in [-0.2, -0.15) is 0 Å². The molecule has 0 aliphatic rings. The molecular weight excluding hydrogens is 296 g/mol. The molecule has 0 radical (unpaired) electrons. The molecular formula is C13H20N2O5S. The van der Waals surface area contributed by atoms with Crippen LogP contribution in [-0.4, -0.2) is 41.2 Å². The van der Waals surface area contributed by atoms with E-state index in [0.29, 0.717) is 13.0 Å². The fraction of sp³-hybridized carbons (Fsp3) is 0.462. The standard InChI is InChI=1S/C13H20N2O5S/c1-4-9(8-19-2)15-13(16)11-7-10(21(14,17)18)5-6-12(11)20-3/h5-7,9H,4,8H2,1-3H3,(H,15,16)(H2,14,17,18). The highest BCUT2D eigenvalue weighted by Crippen LogP contribution is 2.22. The summed E-state index contributed by atoms with van der Waals surface area (Å²) in [5.74, 6) is -0.173. The second kappa shape index (κ2) is 7.39. The Balaban J connectivity index is 3.11. The summed E-state index contributed by atoms with van der Waals surface area (Å²) in [6.07, 6.45) is 0.677. The zero-order valence-corrected chi connectivity index (χ0v) is 13.1. The number of hydrogen-bond acceptors (Lipinski definition) is 5. The van der Waals surface area contributed by atoms with E-state index in [1.807, 2.05) is 6.92 Å².